The molecule has 0 saturated heterocycles. The molecule has 0 bridgehead atoms. The van der Waals surface area contributed by atoms with Crippen LogP contribution in [0, 0.1) is 5.92 Å². The summed E-state index contributed by atoms with van der Waals surface area (Å²) in [6.45, 7) is -0.306. The topological polar surface area (TPSA) is 17.1 Å². The predicted molar refractivity (Wildman–Crippen MR) is 66.7 cm³/mol. The lowest BCUT2D eigenvalue weighted by atomic mass is 9.76. The van der Waals surface area contributed by atoms with Crippen molar-refractivity contribution in [2.24, 2.45) is 5.92 Å². The van der Waals surface area contributed by atoms with Crippen LogP contribution < -0.4 is 0 Å². The first-order valence-electron chi connectivity index (χ1n) is 6.45. The molecule has 0 N–H and O–H groups in total. The van der Waals surface area contributed by atoms with Crippen LogP contribution in [-0.4, -0.2) is 12.5 Å². The monoisotopic (exact) mass is 234 g/mol. The van der Waals surface area contributed by atoms with E-state index in [-0.39, 0.29) is 12.6 Å². The van der Waals surface area contributed by atoms with Crippen molar-refractivity contribution in [1.29, 1.82) is 0 Å². The third-order valence-electron chi connectivity index (χ3n) is 3.72. The Morgan fingerprint density at radius 1 is 1.24 bits per heavy atom. The van der Waals surface area contributed by atoms with Gasteiger partial charge in [-0.2, -0.15) is 0 Å². The molecule has 1 aliphatic carbocycles. The molecule has 1 aromatic carbocycles. The van der Waals surface area contributed by atoms with E-state index in [0.717, 1.165) is 19.3 Å². The molecule has 92 valence electrons. The maximum absolute atomic E-state index is 12.2. The van der Waals surface area contributed by atoms with Crippen LogP contribution in [-0.2, 0) is 4.79 Å². The zero-order valence-electron chi connectivity index (χ0n) is 10.1. The fraction of sp³-hybridized carbons (Fsp3) is 0.533. The Labute approximate surface area is 102 Å². The number of benzene rings is 1. The fourth-order valence-corrected chi connectivity index (χ4v) is 2.74. The summed E-state index contributed by atoms with van der Waals surface area (Å²) >= 11 is 0. The minimum Gasteiger partial charge on any atom is -0.299 e. The van der Waals surface area contributed by atoms with Crippen LogP contribution in [0.4, 0.5) is 4.39 Å². The first-order chi connectivity index (χ1) is 8.31. The van der Waals surface area contributed by atoms with Gasteiger partial charge in [-0.05, 0) is 37.2 Å². The third kappa shape index (κ3) is 3.15. The van der Waals surface area contributed by atoms with E-state index >= 15 is 0 Å². The molecule has 0 amide bonds. The molecule has 0 radical (unpaired) electrons. The van der Waals surface area contributed by atoms with Crippen molar-refractivity contribution in [1.82, 2.24) is 0 Å². The summed E-state index contributed by atoms with van der Waals surface area (Å²) < 4.78 is 12.2. The van der Waals surface area contributed by atoms with Gasteiger partial charge in [0.25, 0.3) is 0 Å². The second-order valence-electron chi connectivity index (χ2n) is 4.88. The molecule has 2 rings (SSSR count). The van der Waals surface area contributed by atoms with Gasteiger partial charge in [0.1, 0.15) is 5.78 Å². The molecular weight excluding hydrogens is 215 g/mol. The third-order valence-corrected chi connectivity index (χ3v) is 3.72. The molecule has 1 aliphatic rings. The van der Waals surface area contributed by atoms with Crippen LogP contribution in [0.1, 0.15) is 43.6 Å². The fourth-order valence-electron chi connectivity index (χ4n) is 2.74. The number of Topliss-reactive ketones (excluding diaryl/α,β-unsaturated/α-hetero) is 1. The Kier molecular flexibility index (Phi) is 4.29. The summed E-state index contributed by atoms with van der Waals surface area (Å²) in [5.41, 5.74) is 1.32. The first kappa shape index (κ1) is 12.3. The van der Waals surface area contributed by atoms with Gasteiger partial charge in [-0.1, -0.05) is 30.3 Å². The number of alkyl halides is 1. The molecule has 2 heteroatoms. The number of rotatable bonds is 4. The van der Waals surface area contributed by atoms with Gasteiger partial charge in [0, 0.05) is 12.3 Å². The normalized spacial score (nSPS) is 24.9. The van der Waals surface area contributed by atoms with Crippen LogP contribution in [0.15, 0.2) is 30.3 Å². The second-order valence-corrected chi connectivity index (χ2v) is 4.88. The molecule has 1 aromatic rings. The van der Waals surface area contributed by atoms with Crippen LogP contribution >= 0.6 is 0 Å². The van der Waals surface area contributed by atoms with E-state index < -0.39 is 0 Å². The number of hydrogen-bond acceptors (Lipinski definition) is 1. The van der Waals surface area contributed by atoms with Gasteiger partial charge in [-0.15, -0.1) is 0 Å². The number of ketones is 1. The van der Waals surface area contributed by atoms with Gasteiger partial charge < -0.3 is 0 Å². The highest BCUT2D eigenvalue weighted by Crippen LogP contribution is 2.36. The summed E-state index contributed by atoms with van der Waals surface area (Å²) in [5, 5.41) is 0. The molecule has 0 heterocycles. The molecular formula is C15H19FO. The minimum absolute atomic E-state index is 0.0877. The summed E-state index contributed by atoms with van der Waals surface area (Å²) in [4.78, 5) is 11.8. The minimum atomic E-state index is -0.306. The van der Waals surface area contributed by atoms with E-state index in [4.69, 9.17) is 0 Å². The molecule has 0 aromatic heterocycles. The molecule has 1 nitrogen and oxygen atoms in total. The predicted octanol–water partition coefficient (Wildman–Crippen LogP) is 3.89. The van der Waals surface area contributed by atoms with Crippen LogP contribution in [0.2, 0.25) is 0 Å². The Hall–Kier alpha value is -1.18. The van der Waals surface area contributed by atoms with E-state index in [1.54, 1.807) is 0 Å². The number of hydrogen-bond donors (Lipinski definition) is 0. The molecule has 17 heavy (non-hydrogen) atoms. The van der Waals surface area contributed by atoms with Gasteiger partial charge in [-0.25, -0.2) is 0 Å². The smallest absolute Gasteiger partial charge is 0.136 e. The maximum Gasteiger partial charge on any atom is 0.136 e. The highest BCUT2D eigenvalue weighted by Gasteiger charge is 2.28. The average Bonchev–Trinajstić information content (AvgIpc) is 2.39. The summed E-state index contributed by atoms with van der Waals surface area (Å²) in [5.74, 6) is 0.911. The van der Waals surface area contributed by atoms with Crippen molar-refractivity contribution < 1.29 is 9.18 Å². The van der Waals surface area contributed by atoms with Crippen molar-refractivity contribution in [3.8, 4) is 0 Å². The number of carbonyl (C=O) groups excluding carboxylic acids is 1. The van der Waals surface area contributed by atoms with E-state index in [2.05, 4.69) is 12.1 Å². The summed E-state index contributed by atoms with van der Waals surface area (Å²) in [6, 6.07) is 10.4. The Morgan fingerprint density at radius 3 is 2.71 bits per heavy atom. The molecule has 0 aliphatic heterocycles. The highest BCUT2D eigenvalue weighted by molar-refractivity contribution is 5.82. The quantitative estimate of drug-likeness (QED) is 0.772. The van der Waals surface area contributed by atoms with Gasteiger partial charge in [-0.3, -0.25) is 9.18 Å². The van der Waals surface area contributed by atoms with Gasteiger partial charge in [0.2, 0.25) is 0 Å². The number of carbonyl (C=O) groups is 1. The van der Waals surface area contributed by atoms with Crippen molar-refractivity contribution in [2.45, 2.75) is 38.0 Å². The Bertz CT molecular complexity index is 360. The van der Waals surface area contributed by atoms with E-state index in [1.807, 2.05) is 18.2 Å². The molecule has 2 unspecified atom stereocenters. The molecule has 1 saturated carbocycles. The lowest BCUT2D eigenvalue weighted by Gasteiger charge is -2.28. The van der Waals surface area contributed by atoms with Crippen LogP contribution in [0.25, 0.3) is 0 Å². The van der Waals surface area contributed by atoms with E-state index in [9.17, 15) is 9.18 Å². The SMILES string of the molecule is O=C1CCC(c2ccccc2)CC1CCCF. The zero-order chi connectivity index (χ0) is 12.1. The van der Waals surface area contributed by atoms with Crippen LogP contribution in [0.5, 0.6) is 0 Å². The number of halogens is 1. The lowest BCUT2D eigenvalue weighted by Crippen LogP contribution is -2.24. The largest absolute Gasteiger partial charge is 0.299 e. The molecule has 2 atom stereocenters. The van der Waals surface area contributed by atoms with Gasteiger partial charge >= 0.3 is 0 Å². The van der Waals surface area contributed by atoms with Gasteiger partial charge in [0.05, 0.1) is 6.67 Å². The Morgan fingerprint density at radius 2 is 2.00 bits per heavy atom. The summed E-state index contributed by atoms with van der Waals surface area (Å²) in [6.07, 6.45) is 3.77. The van der Waals surface area contributed by atoms with Crippen molar-refractivity contribution >= 4 is 5.78 Å². The maximum atomic E-state index is 12.2. The van der Waals surface area contributed by atoms with Crippen molar-refractivity contribution in [2.75, 3.05) is 6.67 Å². The Balaban J connectivity index is 2.00. The molecule has 1 fully saturated rings. The van der Waals surface area contributed by atoms with E-state index in [0.29, 0.717) is 24.5 Å². The second kappa shape index (κ2) is 5.95. The van der Waals surface area contributed by atoms with Crippen LogP contribution in [0.3, 0.4) is 0 Å². The molecule has 0 spiro atoms. The highest BCUT2D eigenvalue weighted by atomic mass is 19.1. The van der Waals surface area contributed by atoms with E-state index in [1.165, 1.54) is 5.56 Å². The van der Waals surface area contributed by atoms with Crippen molar-refractivity contribution in [3.63, 3.8) is 0 Å². The van der Waals surface area contributed by atoms with Crippen molar-refractivity contribution in [3.05, 3.63) is 35.9 Å². The standard InChI is InChI=1S/C15H19FO/c16-10-4-7-14-11-13(8-9-15(14)17)12-5-2-1-3-6-12/h1-3,5-6,13-14H,4,7-11H2. The first-order valence-corrected chi connectivity index (χ1v) is 6.45. The van der Waals surface area contributed by atoms with Gasteiger partial charge in [0.15, 0.2) is 0 Å². The summed E-state index contributed by atoms with van der Waals surface area (Å²) in [7, 11) is 0. The zero-order valence-corrected chi connectivity index (χ0v) is 10.1. The average molecular weight is 234 g/mol. The lowest BCUT2D eigenvalue weighted by molar-refractivity contribution is -0.125.